The number of aromatic hydroxyl groups is 1. The van der Waals surface area contributed by atoms with Crippen molar-refractivity contribution in [2.24, 2.45) is 5.73 Å². The summed E-state index contributed by atoms with van der Waals surface area (Å²) in [6, 6.07) is 6.13. The molecule has 0 heterocycles. The van der Waals surface area contributed by atoms with Crippen molar-refractivity contribution < 1.29 is 13.9 Å². The molecular formula is C10H11F2NO. The van der Waals surface area contributed by atoms with E-state index in [0.717, 1.165) is 0 Å². The van der Waals surface area contributed by atoms with Gasteiger partial charge in [-0.1, -0.05) is 18.2 Å². The molecule has 1 atom stereocenters. The summed E-state index contributed by atoms with van der Waals surface area (Å²) in [4.78, 5) is 0. The molecule has 2 nitrogen and oxygen atoms in total. The van der Waals surface area contributed by atoms with Gasteiger partial charge in [0.15, 0.2) is 0 Å². The van der Waals surface area contributed by atoms with Gasteiger partial charge < -0.3 is 10.8 Å². The standard InChI is InChI=1S/C10H11F2NO/c11-10(12)5-9(10,6-13)7-3-1-2-4-8(7)14/h1-4,14H,5-6,13H2. The minimum Gasteiger partial charge on any atom is -0.508 e. The van der Waals surface area contributed by atoms with Crippen LogP contribution in [0, 0.1) is 0 Å². The van der Waals surface area contributed by atoms with E-state index < -0.39 is 11.3 Å². The van der Waals surface area contributed by atoms with E-state index in [1.54, 1.807) is 12.1 Å². The number of hydrogen-bond acceptors (Lipinski definition) is 2. The van der Waals surface area contributed by atoms with E-state index in [1.165, 1.54) is 12.1 Å². The first-order chi connectivity index (χ1) is 6.53. The highest BCUT2D eigenvalue weighted by molar-refractivity contribution is 5.46. The fourth-order valence-corrected chi connectivity index (χ4v) is 1.84. The Morgan fingerprint density at radius 2 is 1.93 bits per heavy atom. The molecule has 1 aliphatic rings. The Morgan fingerprint density at radius 1 is 1.36 bits per heavy atom. The average Bonchev–Trinajstić information content (AvgIpc) is 2.70. The number of benzene rings is 1. The van der Waals surface area contributed by atoms with Crippen molar-refractivity contribution in [3.63, 3.8) is 0 Å². The molecule has 1 saturated carbocycles. The topological polar surface area (TPSA) is 46.2 Å². The normalized spacial score (nSPS) is 28.8. The molecule has 1 unspecified atom stereocenters. The second kappa shape index (κ2) is 2.67. The fourth-order valence-electron chi connectivity index (χ4n) is 1.84. The molecule has 14 heavy (non-hydrogen) atoms. The van der Waals surface area contributed by atoms with Crippen molar-refractivity contribution in [1.29, 1.82) is 0 Å². The average molecular weight is 199 g/mol. The Bertz CT molecular complexity index is 367. The van der Waals surface area contributed by atoms with E-state index in [0.29, 0.717) is 0 Å². The maximum absolute atomic E-state index is 13.1. The molecule has 0 spiro atoms. The fraction of sp³-hybridized carbons (Fsp3) is 0.400. The summed E-state index contributed by atoms with van der Waals surface area (Å²) in [5.74, 6) is -2.88. The van der Waals surface area contributed by atoms with E-state index in [-0.39, 0.29) is 24.3 Å². The number of phenols is 1. The molecule has 1 aromatic carbocycles. The molecule has 76 valence electrons. The highest BCUT2D eigenvalue weighted by atomic mass is 19.3. The van der Waals surface area contributed by atoms with Gasteiger partial charge in [0.25, 0.3) is 5.92 Å². The zero-order valence-electron chi connectivity index (χ0n) is 7.50. The third-order valence-electron chi connectivity index (χ3n) is 2.87. The molecule has 1 aliphatic carbocycles. The number of alkyl halides is 2. The molecule has 1 aromatic rings. The Morgan fingerprint density at radius 3 is 2.36 bits per heavy atom. The monoisotopic (exact) mass is 199 g/mol. The lowest BCUT2D eigenvalue weighted by Crippen LogP contribution is -2.26. The minimum atomic E-state index is -2.78. The highest BCUT2D eigenvalue weighted by Gasteiger charge is 2.71. The third-order valence-corrected chi connectivity index (χ3v) is 2.87. The second-order valence-electron chi connectivity index (χ2n) is 3.68. The number of para-hydroxylation sites is 1. The molecule has 4 heteroatoms. The smallest absolute Gasteiger partial charge is 0.260 e. The van der Waals surface area contributed by atoms with Crippen molar-refractivity contribution >= 4 is 0 Å². The Balaban J connectivity index is 2.46. The molecule has 0 saturated heterocycles. The molecule has 0 radical (unpaired) electrons. The van der Waals surface area contributed by atoms with E-state index in [4.69, 9.17) is 5.73 Å². The molecular weight excluding hydrogens is 188 g/mol. The van der Waals surface area contributed by atoms with Gasteiger partial charge in [-0.25, -0.2) is 8.78 Å². The number of phenolic OH excluding ortho intramolecular Hbond substituents is 1. The molecule has 1 fully saturated rings. The zero-order valence-corrected chi connectivity index (χ0v) is 7.50. The second-order valence-corrected chi connectivity index (χ2v) is 3.68. The van der Waals surface area contributed by atoms with Crippen molar-refractivity contribution in [3.8, 4) is 5.75 Å². The van der Waals surface area contributed by atoms with Crippen LogP contribution in [0.3, 0.4) is 0 Å². The quantitative estimate of drug-likeness (QED) is 0.760. The Hall–Kier alpha value is -1.16. The SMILES string of the molecule is NCC1(c2ccccc2O)CC1(F)F. The lowest BCUT2D eigenvalue weighted by atomic mass is 9.94. The number of nitrogens with two attached hydrogens (primary N) is 1. The third kappa shape index (κ3) is 1.04. The van der Waals surface area contributed by atoms with Crippen LogP contribution in [0.2, 0.25) is 0 Å². The summed E-state index contributed by atoms with van der Waals surface area (Å²) in [6.07, 6.45) is -0.270. The van der Waals surface area contributed by atoms with Crippen LogP contribution in [0.15, 0.2) is 24.3 Å². The van der Waals surface area contributed by atoms with Gasteiger partial charge in [0.05, 0.1) is 5.41 Å². The Kier molecular flexibility index (Phi) is 1.79. The van der Waals surface area contributed by atoms with E-state index in [2.05, 4.69) is 0 Å². The van der Waals surface area contributed by atoms with E-state index >= 15 is 0 Å². The lowest BCUT2D eigenvalue weighted by Gasteiger charge is -2.15. The summed E-state index contributed by atoms with van der Waals surface area (Å²) in [5.41, 5.74) is 4.28. The van der Waals surface area contributed by atoms with Crippen LogP contribution >= 0.6 is 0 Å². The highest BCUT2D eigenvalue weighted by Crippen LogP contribution is 2.62. The van der Waals surface area contributed by atoms with Crippen LogP contribution in [0.4, 0.5) is 8.78 Å². The summed E-state index contributed by atoms with van der Waals surface area (Å²) >= 11 is 0. The molecule has 0 aromatic heterocycles. The first-order valence-electron chi connectivity index (χ1n) is 4.40. The first kappa shape index (κ1) is 9.40. The molecule has 0 bridgehead atoms. The van der Waals surface area contributed by atoms with E-state index in [1.807, 2.05) is 0 Å². The summed E-state index contributed by atoms with van der Waals surface area (Å²) in [5, 5.41) is 9.46. The van der Waals surface area contributed by atoms with Gasteiger partial charge in [0, 0.05) is 18.5 Å². The van der Waals surface area contributed by atoms with E-state index in [9.17, 15) is 13.9 Å². The van der Waals surface area contributed by atoms with Crippen LogP contribution in [0.1, 0.15) is 12.0 Å². The number of rotatable bonds is 2. The van der Waals surface area contributed by atoms with Crippen LogP contribution in [0.25, 0.3) is 0 Å². The van der Waals surface area contributed by atoms with Gasteiger partial charge in [-0.05, 0) is 6.07 Å². The minimum absolute atomic E-state index is 0.102. The number of halogens is 2. The van der Waals surface area contributed by atoms with Gasteiger partial charge in [-0.3, -0.25) is 0 Å². The maximum atomic E-state index is 13.1. The lowest BCUT2D eigenvalue weighted by molar-refractivity contribution is 0.0889. The van der Waals surface area contributed by atoms with Gasteiger partial charge in [-0.15, -0.1) is 0 Å². The summed E-state index contributed by atoms with van der Waals surface area (Å²) in [7, 11) is 0. The molecule has 0 aliphatic heterocycles. The van der Waals surface area contributed by atoms with Crippen LogP contribution in [-0.4, -0.2) is 17.6 Å². The van der Waals surface area contributed by atoms with Crippen molar-refractivity contribution in [1.82, 2.24) is 0 Å². The van der Waals surface area contributed by atoms with Crippen molar-refractivity contribution in [2.45, 2.75) is 17.8 Å². The van der Waals surface area contributed by atoms with Gasteiger partial charge >= 0.3 is 0 Å². The van der Waals surface area contributed by atoms with Crippen molar-refractivity contribution in [2.75, 3.05) is 6.54 Å². The summed E-state index contributed by atoms with van der Waals surface area (Å²) < 4.78 is 26.3. The molecule has 3 N–H and O–H groups in total. The Labute approximate surface area is 80.4 Å². The first-order valence-corrected chi connectivity index (χ1v) is 4.40. The van der Waals surface area contributed by atoms with Gasteiger partial charge in [-0.2, -0.15) is 0 Å². The summed E-state index contributed by atoms with van der Waals surface area (Å²) in [6.45, 7) is -0.141. The van der Waals surface area contributed by atoms with Crippen LogP contribution < -0.4 is 5.73 Å². The van der Waals surface area contributed by atoms with Crippen molar-refractivity contribution in [3.05, 3.63) is 29.8 Å². The van der Waals surface area contributed by atoms with Crippen LogP contribution in [-0.2, 0) is 5.41 Å². The predicted octanol–water partition coefficient (Wildman–Crippen LogP) is 1.63. The van der Waals surface area contributed by atoms with Gasteiger partial charge in [0.2, 0.25) is 0 Å². The molecule has 2 rings (SSSR count). The largest absolute Gasteiger partial charge is 0.508 e. The zero-order chi connectivity index (χ0) is 10.4. The maximum Gasteiger partial charge on any atom is 0.260 e. The predicted molar refractivity (Wildman–Crippen MR) is 48.4 cm³/mol. The molecule has 0 amide bonds. The van der Waals surface area contributed by atoms with Gasteiger partial charge in [0.1, 0.15) is 5.75 Å². The van der Waals surface area contributed by atoms with Crippen LogP contribution in [0.5, 0.6) is 5.75 Å². The number of hydrogen-bond donors (Lipinski definition) is 2.